The Hall–Kier alpha value is -1.59. The molecule has 6 heteroatoms. The van der Waals surface area contributed by atoms with Crippen LogP contribution in [-0.2, 0) is 16.1 Å². The lowest BCUT2D eigenvalue weighted by Gasteiger charge is -2.32. The molecule has 1 aliphatic rings. The Morgan fingerprint density at radius 1 is 1.29 bits per heavy atom. The zero-order chi connectivity index (χ0) is 16.9. The quantitative estimate of drug-likeness (QED) is 0.788. The molecule has 1 aromatic carbocycles. The molecule has 24 heavy (non-hydrogen) atoms. The van der Waals surface area contributed by atoms with E-state index in [-0.39, 0.29) is 42.1 Å². The van der Waals surface area contributed by atoms with E-state index in [0.717, 1.165) is 18.4 Å². The smallest absolute Gasteiger partial charge is 0.225 e. The number of benzene rings is 1. The number of rotatable bonds is 7. The third kappa shape index (κ3) is 4.71. The van der Waals surface area contributed by atoms with E-state index in [1.807, 2.05) is 44.2 Å². The lowest BCUT2D eigenvalue weighted by Crippen LogP contribution is -2.54. The second kappa shape index (κ2) is 9.04. The molecule has 5 nitrogen and oxygen atoms in total. The van der Waals surface area contributed by atoms with Gasteiger partial charge < -0.3 is 16.0 Å². The summed E-state index contributed by atoms with van der Waals surface area (Å²) in [7, 11) is 0. The van der Waals surface area contributed by atoms with Gasteiger partial charge in [0.1, 0.15) is 0 Å². The van der Waals surface area contributed by atoms with Crippen molar-refractivity contribution in [1.82, 2.24) is 10.2 Å². The standard InChI is InChI=1S/C18H27N3O2.ClH/c1-3-18(4-2,13-19)20-17(23)15-10-16(22)21(12-15)11-14-8-6-5-7-9-14;/h5-9,15H,3-4,10-13,19H2,1-2H3,(H,20,23);1H. The van der Waals surface area contributed by atoms with E-state index in [0.29, 0.717) is 19.6 Å². The van der Waals surface area contributed by atoms with Crippen molar-refractivity contribution >= 4 is 24.2 Å². The first-order valence-electron chi connectivity index (χ1n) is 8.37. The van der Waals surface area contributed by atoms with Crippen LogP contribution in [0.25, 0.3) is 0 Å². The van der Waals surface area contributed by atoms with Crippen molar-refractivity contribution in [3.63, 3.8) is 0 Å². The average Bonchev–Trinajstić information content (AvgIpc) is 2.94. The van der Waals surface area contributed by atoms with Crippen molar-refractivity contribution in [2.75, 3.05) is 13.1 Å². The van der Waals surface area contributed by atoms with Crippen molar-refractivity contribution < 1.29 is 9.59 Å². The Kier molecular flexibility index (Phi) is 7.70. The summed E-state index contributed by atoms with van der Waals surface area (Å²) in [5.74, 6) is -0.293. The van der Waals surface area contributed by atoms with Crippen LogP contribution >= 0.6 is 12.4 Å². The summed E-state index contributed by atoms with van der Waals surface area (Å²) in [5, 5.41) is 3.08. The molecule has 0 aromatic heterocycles. The molecule has 1 atom stereocenters. The molecule has 1 heterocycles. The first-order valence-corrected chi connectivity index (χ1v) is 8.37. The zero-order valence-corrected chi connectivity index (χ0v) is 15.3. The van der Waals surface area contributed by atoms with Gasteiger partial charge in [0.05, 0.1) is 11.5 Å². The highest BCUT2D eigenvalue weighted by molar-refractivity contribution is 5.89. The molecule has 2 amide bonds. The second-order valence-electron chi connectivity index (χ2n) is 6.34. The second-order valence-corrected chi connectivity index (χ2v) is 6.34. The fourth-order valence-corrected chi connectivity index (χ4v) is 3.03. The van der Waals surface area contributed by atoms with Crippen molar-refractivity contribution in [2.24, 2.45) is 11.7 Å². The van der Waals surface area contributed by atoms with Crippen LogP contribution in [0.2, 0.25) is 0 Å². The molecule has 3 N–H and O–H groups in total. The van der Waals surface area contributed by atoms with Crippen LogP contribution in [0.4, 0.5) is 0 Å². The van der Waals surface area contributed by atoms with E-state index in [4.69, 9.17) is 5.73 Å². The maximum atomic E-state index is 12.5. The molecule has 0 radical (unpaired) electrons. The van der Waals surface area contributed by atoms with Gasteiger partial charge in [-0.05, 0) is 18.4 Å². The molecule has 0 saturated carbocycles. The molecule has 0 spiro atoms. The van der Waals surface area contributed by atoms with Crippen molar-refractivity contribution in [3.05, 3.63) is 35.9 Å². The van der Waals surface area contributed by atoms with E-state index in [1.165, 1.54) is 0 Å². The van der Waals surface area contributed by atoms with Crippen LogP contribution < -0.4 is 11.1 Å². The SMILES string of the molecule is CCC(CC)(CN)NC(=O)C1CC(=O)N(Cc2ccccc2)C1.Cl. The first-order chi connectivity index (χ1) is 11.0. The fourth-order valence-electron chi connectivity index (χ4n) is 3.03. The Balaban J connectivity index is 0.00000288. The highest BCUT2D eigenvalue weighted by Gasteiger charge is 2.37. The van der Waals surface area contributed by atoms with E-state index >= 15 is 0 Å². The number of nitrogens with zero attached hydrogens (tertiary/aromatic N) is 1. The molecule has 1 saturated heterocycles. The number of likely N-dealkylation sites (tertiary alicyclic amines) is 1. The third-order valence-corrected chi connectivity index (χ3v) is 4.93. The monoisotopic (exact) mass is 353 g/mol. The highest BCUT2D eigenvalue weighted by atomic mass is 35.5. The van der Waals surface area contributed by atoms with Crippen molar-refractivity contribution in [3.8, 4) is 0 Å². The third-order valence-electron chi connectivity index (χ3n) is 4.93. The maximum absolute atomic E-state index is 12.5. The number of hydrogen-bond donors (Lipinski definition) is 2. The van der Waals surface area contributed by atoms with Gasteiger partial charge in [-0.15, -0.1) is 12.4 Å². The van der Waals surface area contributed by atoms with Gasteiger partial charge in [0.15, 0.2) is 0 Å². The highest BCUT2D eigenvalue weighted by Crippen LogP contribution is 2.22. The van der Waals surface area contributed by atoms with Crippen LogP contribution in [0.3, 0.4) is 0 Å². The predicted molar refractivity (Wildman–Crippen MR) is 97.7 cm³/mol. The first kappa shape index (κ1) is 20.5. The van der Waals surface area contributed by atoms with Crippen LogP contribution in [0.15, 0.2) is 30.3 Å². The summed E-state index contributed by atoms with van der Waals surface area (Å²) < 4.78 is 0. The maximum Gasteiger partial charge on any atom is 0.225 e. The fraction of sp³-hybridized carbons (Fsp3) is 0.556. The molecule has 1 aromatic rings. The summed E-state index contributed by atoms with van der Waals surface area (Å²) in [6.07, 6.45) is 1.87. The topological polar surface area (TPSA) is 75.4 Å². The molecule has 1 fully saturated rings. The van der Waals surface area contributed by atoms with Crippen LogP contribution in [0.1, 0.15) is 38.7 Å². The molecule has 0 aliphatic carbocycles. The lowest BCUT2D eigenvalue weighted by molar-refractivity contribution is -0.129. The number of nitrogens with one attached hydrogen (secondary N) is 1. The van der Waals surface area contributed by atoms with Gasteiger partial charge in [0, 0.05) is 26.1 Å². The van der Waals surface area contributed by atoms with E-state index < -0.39 is 0 Å². The number of halogens is 1. The summed E-state index contributed by atoms with van der Waals surface area (Å²) in [6, 6.07) is 9.85. The van der Waals surface area contributed by atoms with Crippen LogP contribution in [0.5, 0.6) is 0 Å². The summed E-state index contributed by atoms with van der Waals surface area (Å²) in [6.45, 7) is 5.51. The minimum atomic E-state index is -0.354. The van der Waals surface area contributed by atoms with Gasteiger partial charge in [-0.1, -0.05) is 44.2 Å². The van der Waals surface area contributed by atoms with Crippen molar-refractivity contribution in [2.45, 2.75) is 45.2 Å². The van der Waals surface area contributed by atoms with Gasteiger partial charge in [-0.3, -0.25) is 9.59 Å². The van der Waals surface area contributed by atoms with Gasteiger partial charge in [0.2, 0.25) is 11.8 Å². The lowest BCUT2D eigenvalue weighted by atomic mass is 9.91. The zero-order valence-electron chi connectivity index (χ0n) is 14.5. The molecular weight excluding hydrogens is 326 g/mol. The van der Waals surface area contributed by atoms with Crippen molar-refractivity contribution in [1.29, 1.82) is 0 Å². The van der Waals surface area contributed by atoms with Gasteiger partial charge in [-0.25, -0.2) is 0 Å². The number of amides is 2. The Bertz CT molecular complexity index is 538. The van der Waals surface area contributed by atoms with Gasteiger partial charge in [0.25, 0.3) is 0 Å². The minimum Gasteiger partial charge on any atom is -0.349 e. The number of carbonyl (C=O) groups excluding carboxylic acids is 2. The molecule has 0 bridgehead atoms. The van der Waals surface area contributed by atoms with Gasteiger partial charge >= 0.3 is 0 Å². The number of carbonyl (C=O) groups is 2. The van der Waals surface area contributed by atoms with Gasteiger partial charge in [-0.2, -0.15) is 0 Å². The molecule has 1 unspecified atom stereocenters. The Morgan fingerprint density at radius 3 is 2.46 bits per heavy atom. The molecule has 1 aliphatic heterocycles. The van der Waals surface area contributed by atoms with Crippen LogP contribution in [-0.4, -0.2) is 35.3 Å². The molecule has 134 valence electrons. The largest absolute Gasteiger partial charge is 0.349 e. The number of nitrogens with two attached hydrogens (primary N) is 1. The van der Waals surface area contributed by atoms with E-state index in [9.17, 15) is 9.59 Å². The average molecular weight is 354 g/mol. The number of hydrogen-bond acceptors (Lipinski definition) is 3. The summed E-state index contributed by atoms with van der Waals surface area (Å²) in [5.41, 5.74) is 6.57. The summed E-state index contributed by atoms with van der Waals surface area (Å²) >= 11 is 0. The predicted octanol–water partition coefficient (Wildman–Crippen LogP) is 2.09. The Morgan fingerprint density at radius 2 is 1.92 bits per heavy atom. The summed E-state index contributed by atoms with van der Waals surface area (Å²) in [4.78, 5) is 26.5. The van der Waals surface area contributed by atoms with Crippen LogP contribution in [0, 0.1) is 5.92 Å². The Labute approximate surface area is 150 Å². The minimum absolute atomic E-state index is 0. The normalized spacial score (nSPS) is 17.5. The van der Waals surface area contributed by atoms with E-state index in [1.54, 1.807) is 4.90 Å². The molecular formula is C18H28ClN3O2. The molecule has 2 rings (SSSR count). The van der Waals surface area contributed by atoms with E-state index in [2.05, 4.69) is 5.32 Å².